The van der Waals surface area contributed by atoms with Crippen LogP contribution in [0.3, 0.4) is 0 Å². The van der Waals surface area contributed by atoms with Crippen LogP contribution in [0.25, 0.3) is 11.3 Å². The number of hydrogen-bond donors (Lipinski definition) is 2. The molecule has 2 N–H and O–H groups in total. The first-order chi connectivity index (χ1) is 16.0. The average molecular weight is 448 g/mol. The van der Waals surface area contributed by atoms with E-state index in [4.69, 9.17) is 9.47 Å². The smallest absolute Gasteiger partial charge is 0.288 e. The molecule has 0 spiro atoms. The molecule has 1 aliphatic rings. The van der Waals surface area contributed by atoms with Crippen LogP contribution in [0.2, 0.25) is 0 Å². The molecule has 13 heteroatoms. The molecule has 2 aromatic heterocycles. The molecule has 13 nitrogen and oxygen atoms in total. The van der Waals surface area contributed by atoms with Gasteiger partial charge in [0, 0.05) is 28.8 Å². The highest BCUT2D eigenvalue weighted by Crippen LogP contribution is 2.44. The Morgan fingerprint density at radius 1 is 1.12 bits per heavy atom. The summed E-state index contributed by atoms with van der Waals surface area (Å²) in [6, 6.07) is 10.4. The van der Waals surface area contributed by atoms with Gasteiger partial charge in [-0.2, -0.15) is 9.78 Å². The Kier molecular flexibility index (Phi) is 4.70. The van der Waals surface area contributed by atoms with Crippen molar-refractivity contribution in [2.75, 3.05) is 19.5 Å². The second-order valence-corrected chi connectivity index (χ2v) is 7.08. The van der Waals surface area contributed by atoms with E-state index in [2.05, 4.69) is 31.0 Å². The lowest BCUT2D eigenvalue weighted by atomic mass is 9.91. The summed E-state index contributed by atoms with van der Waals surface area (Å²) in [6.07, 6.45) is 0. The van der Waals surface area contributed by atoms with Crippen LogP contribution >= 0.6 is 0 Å². The highest BCUT2D eigenvalue weighted by molar-refractivity contribution is 5.76. The van der Waals surface area contributed by atoms with E-state index in [1.807, 2.05) is 0 Å². The van der Waals surface area contributed by atoms with Crippen molar-refractivity contribution < 1.29 is 14.4 Å². The fraction of sp³-hybridized carbons (Fsp3) is 0.150. The fourth-order valence-corrected chi connectivity index (χ4v) is 3.84. The highest BCUT2D eigenvalue weighted by Gasteiger charge is 2.36. The van der Waals surface area contributed by atoms with Gasteiger partial charge in [-0.3, -0.25) is 14.9 Å². The van der Waals surface area contributed by atoms with Gasteiger partial charge >= 0.3 is 0 Å². The standard InChI is InChI=1S/C20H16N8O5/c1-32-12-7-8-14(33-2)13(9-12)18-15-16(10-3-5-11(6-4-10)28(30)31)22-23-19(29)17(15)21-20-24-25-26-27(18)20/h3-9,18H,1-2H3,(H,23,29)(H,21,24,26)/t18-/m0/s1. The van der Waals surface area contributed by atoms with E-state index < -0.39 is 16.5 Å². The van der Waals surface area contributed by atoms with Crippen molar-refractivity contribution in [2.24, 2.45) is 0 Å². The third-order valence-electron chi connectivity index (χ3n) is 5.35. The van der Waals surface area contributed by atoms with Crippen LogP contribution in [0.1, 0.15) is 17.2 Å². The number of H-pyrrole nitrogens is 1. The van der Waals surface area contributed by atoms with Crippen molar-refractivity contribution in [3.05, 3.63) is 74.1 Å². The Morgan fingerprint density at radius 3 is 2.61 bits per heavy atom. The number of non-ortho nitro benzene ring substituents is 1. The number of nitro benzene ring substituents is 1. The van der Waals surface area contributed by atoms with Crippen LogP contribution in [0.15, 0.2) is 47.3 Å². The maximum Gasteiger partial charge on any atom is 0.288 e. The number of tetrazole rings is 1. The molecule has 0 unspecified atom stereocenters. The Hall–Kier alpha value is -4.81. The SMILES string of the molecule is COc1ccc(OC)c([C@H]2c3c(-c4ccc([N+](=O)[O-])cc4)n[nH]c(=O)c3Nc3nnnn32)c1. The number of fused-ring (bicyclic) bond motifs is 2. The molecule has 5 rings (SSSR count). The summed E-state index contributed by atoms with van der Waals surface area (Å²) in [4.78, 5) is 23.4. The van der Waals surface area contributed by atoms with Crippen molar-refractivity contribution in [1.82, 2.24) is 30.4 Å². The zero-order chi connectivity index (χ0) is 23.1. The number of nitrogens with one attached hydrogen (secondary N) is 2. The van der Waals surface area contributed by atoms with Gasteiger partial charge in [0.2, 0.25) is 5.95 Å². The van der Waals surface area contributed by atoms with Crippen molar-refractivity contribution in [1.29, 1.82) is 0 Å². The van der Waals surface area contributed by atoms with E-state index in [9.17, 15) is 14.9 Å². The molecule has 2 aromatic carbocycles. The molecule has 0 radical (unpaired) electrons. The lowest BCUT2D eigenvalue weighted by molar-refractivity contribution is -0.384. The van der Waals surface area contributed by atoms with E-state index in [-0.39, 0.29) is 17.3 Å². The van der Waals surface area contributed by atoms with Crippen molar-refractivity contribution >= 4 is 17.3 Å². The van der Waals surface area contributed by atoms with Gasteiger partial charge in [-0.15, -0.1) is 0 Å². The first kappa shape index (κ1) is 20.1. The number of benzene rings is 2. The quantitative estimate of drug-likeness (QED) is 0.300. The number of nitrogens with zero attached hydrogens (tertiary/aromatic N) is 6. The van der Waals surface area contributed by atoms with E-state index in [0.717, 1.165) is 0 Å². The number of aromatic amines is 1. The zero-order valence-electron chi connectivity index (χ0n) is 17.3. The Bertz CT molecular complexity index is 1430. The van der Waals surface area contributed by atoms with E-state index in [0.29, 0.717) is 33.9 Å². The maximum atomic E-state index is 12.8. The number of hydrogen-bond acceptors (Lipinski definition) is 10. The Labute approximate surface area is 185 Å². The molecule has 3 heterocycles. The monoisotopic (exact) mass is 448 g/mol. The first-order valence-corrected chi connectivity index (χ1v) is 9.66. The van der Waals surface area contributed by atoms with E-state index in [1.165, 1.54) is 23.9 Å². The predicted molar refractivity (Wildman–Crippen MR) is 115 cm³/mol. The number of ether oxygens (including phenoxy) is 2. The largest absolute Gasteiger partial charge is 0.497 e. The summed E-state index contributed by atoms with van der Waals surface area (Å²) in [5, 5.41) is 32.6. The van der Waals surface area contributed by atoms with Gasteiger partial charge in [0.1, 0.15) is 23.2 Å². The lowest BCUT2D eigenvalue weighted by Crippen LogP contribution is -2.29. The van der Waals surface area contributed by atoms with Crippen LogP contribution < -0.4 is 20.3 Å². The summed E-state index contributed by atoms with van der Waals surface area (Å²) in [5.74, 6) is 1.34. The minimum atomic E-state index is -0.712. The average Bonchev–Trinajstić information content (AvgIpc) is 3.31. The van der Waals surface area contributed by atoms with Crippen molar-refractivity contribution in [3.8, 4) is 22.8 Å². The maximum absolute atomic E-state index is 12.8. The molecular formula is C20H16N8O5. The molecule has 1 atom stereocenters. The third kappa shape index (κ3) is 3.22. The summed E-state index contributed by atoms with van der Waals surface area (Å²) >= 11 is 0. The summed E-state index contributed by atoms with van der Waals surface area (Å²) in [7, 11) is 3.07. The molecule has 0 saturated carbocycles. The number of aromatic nitrogens is 6. The molecule has 0 amide bonds. The highest BCUT2D eigenvalue weighted by atomic mass is 16.6. The predicted octanol–water partition coefficient (Wildman–Crippen LogP) is 2.04. The molecule has 0 fully saturated rings. The third-order valence-corrected chi connectivity index (χ3v) is 5.35. The molecule has 0 saturated heterocycles. The molecule has 1 aliphatic heterocycles. The Balaban J connectivity index is 1.80. The van der Waals surface area contributed by atoms with E-state index >= 15 is 0 Å². The van der Waals surface area contributed by atoms with Crippen molar-refractivity contribution in [2.45, 2.75) is 6.04 Å². The number of methoxy groups -OCH3 is 2. The molecule has 33 heavy (non-hydrogen) atoms. The zero-order valence-corrected chi connectivity index (χ0v) is 17.3. The van der Waals surface area contributed by atoms with Crippen LogP contribution in [-0.4, -0.2) is 49.5 Å². The van der Waals surface area contributed by atoms with Gasteiger partial charge < -0.3 is 14.8 Å². The van der Waals surface area contributed by atoms with Gasteiger partial charge in [0.05, 0.1) is 24.8 Å². The van der Waals surface area contributed by atoms with Crippen LogP contribution in [0.5, 0.6) is 11.5 Å². The van der Waals surface area contributed by atoms with Crippen LogP contribution in [-0.2, 0) is 0 Å². The van der Waals surface area contributed by atoms with Crippen LogP contribution in [0, 0.1) is 10.1 Å². The van der Waals surface area contributed by atoms with Gasteiger partial charge in [0.15, 0.2) is 0 Å². The molecule has 4 aromatic rings. The van der Waals surface area contributed by atoms with Crippen molar-refractivity contribution in [3.63, 3.8) is 0 Å². The second-order valence-electron chi connectivity index (χ2n) is 7.08. The molecule has 0 aliphatic carbocycles. The van der Waals surface area contributed by atoms with E-state index in [1.54, 1.807) is 37.4 Å². The summed E-state index contributed by atoms with van der Waals surface area (Å²) in [6.45, 7) is 0. The number of rotatable bonds is 5. The molecule has 0 bridgehead atoms. The summed E-state index contributed by atoms with van der Waals surface area (Å²) in [5.41, 5.74) is 1.71. The fourth-order valence-electron chi connectivity index (χ4n) is 3.84. The van der Waals surface area contributed by atoms with Gasteiger partial charge in [-0.25, -0.2) is 5.10 Å². The number of nitro groups is 1. The normalized spacial score (nSPS) is 14.1. The molecular weight excluding hydrogens is 432 g/mol. The topological polar surface area (TPSA) is 163 Å². The lowest BCUT2D eigenvalue weighted by Gasteiger charge is -2.28. The van der Waals surface area contributed by atoms with Gasteiger partial charge in [-0.05, 0) is 40.8 Å². The first-order valence-electron chi connectivity index (χ1n) is 9.66. The minimum Gasteiger partial charge on any atom is -0.497 e. The number of anilines is 2. The Morgan fingerprint density at radius 2 is 1.91 bits per heavy atom. The summed E-state index contributed by atoms with van der Waals surface area (Å²) < 4.78 is 12.5. The second kappa shape index (κ2) is 7.71. The molecule has 166 valence electrons. The van der Waals surface area contributed by atoms with Crippen LogP contribution in [0.4, 0.5) is 17.3 Å². The van der Waals surface area contributed by atoms with Gasteiger partial charge in [0.25, 0.3) is 11.2 Å². The van der Waals surface area contributed by atoms with Gasteiger partial charge in [-0.1, -0.05) is 5.10 Å². The minimum absolute atomic E-state index is 0.0658.